The summed E-state index contributed by atoms with van der Waals surface area (Å²) in [6, 6.07) is 6.95. The lowest BCUT2D eigenvalue weighted by molar-refractivity contribution is -0.138. The molecule has 4 rings (SSSR count). The van der Waals surface area contributed by atoms with Gasteiger partial charge in [0, 0.05) is 37.2 Å². The molecule has 0 spiro atoms. The Balaban J connectivity index is 1.74. The monoisotopic (exact) mass is 636 g/mol. The fourth-order valence-electron chi connectivity index (χ4n) is 6.45. The van der Waals surface area contributed by atoms with Crippen molar-refractivity contribution in [1.29, 1.82) is 0 Å². The number of rotatable bonds is 13. The summed E-state index contributed by atoms with van der Waals surface area (Å²) in [6.07, 6.45) is -0.287. The molecule has 46 heavy (non-hydrogen) atoms. The third kappa shape index (κ3) is 8.07. The summed E-state index contributed by atoms with van der Waals surface area (Å²) in [4.78, 5) is 41.5. The molecule has 0 aliphatic carbocycles. The van der Waals surface area contributed by atoms with E-state index in [-0.39, 0.29) is 17.9 Å². The molecule has 1 aromatic heterocycles. The van der Waals surface area contributed by atoms with E-state index in [9.17, 15) is 23.9 Å². The summed E-state index contributed by atoms with van der Waals surface area (Å²) >= 11 is 0. The molecule has 1 aliphatic heterocycles. The average Bonchev–Trinajstić information content (AvgIpc) is 2.94. The summed E-state index contributed by atoms with van der Waals surface area (Å²) in [5.41, 5.74) is 5.86. The van der Waals surface area contributed by atoms with Crippen LogP contribution >= 0.6 is 0 Å². The number of aromatic nitrogens is 2. The summed E-state index contributed by atoms with van der Waals surface area (Å²) in [5.74, 6) is -2.39. The van der Waals surface area contributed by atoms with Crippen LogP contribution in [0.3, 0.4) is 0 Å². The Morgan fingerprint density at radius 3 is 2.26 bits per heavy atom. The number of aliphatic carboxylic acids is 1. The van der Waals surface area contributed by atoms with Gasteiger partial charge in [0.15, 0.2) is 0 Å². The highest BCUT2D eigenvalue weighted by Gasteiger charge is 2.31. The van der Waals surface area contributed by atoms with Crippen LogP contribution in [-0.4, -0.2) is 57.5 Å². The summed E-state index contributed by atoms with van der Waals surface area (Å²) in [7, 11) is 0. The first-order valence-corrected chi connectivity index (χ1v) is 16.1. The highest BCUT2D eigenvalue weighted by atomic mass is 19.1. The van der Waals surface area contributed by atoms with Crippen molar-refractivity contribution in [2.75, 3.05) is 19.6 Å². The first kappa shape index (κ1) is 34.9. The van der Waals surface area contributed by atoms with Gasteiger partial charge >= 0.3 is 5.97 Å². The Bertz CT molecular complexity index is 1640. The van der Waals surface area contributed by atoms with Crippen molar-refractivity contribution in [3.63, 3.8) is 0 Å². The van der Waals surface area contributed by atoms with E-state index in [0.29, 0.717) is 49.3 Å². The summed E-state index contributed by atoms with van der Waals surface area (Å²) in [6.45, 7) is 14.6. The molecule has 1 fully saturated rings. The maximum atomic E-state index is 16.1. The van der Waals surface area contributed by atoms with Gasteiger partial charge in [0.25, 0.3) is 5.56 Å². The largest absolute Gasteiger partial charge is 0.481 e. The number of carboxylic acid groups (broad SMARTS) is 1. The molecule has 2 heterocycles. The van der Waals surface area contributed by atoms with Crippen LogP contribution in [0.1, 0.15) is 84.8 Å². The number of nitrogens with one attached hydrogen (secondary N) is 1. The molecule has 248 valence electrons. The van der Waals surface area contributed by atoms with Crippen molar-refractivity contribution in [1.82, 2.24) is 20.0 Å². The molecule has 1 saturated heterocycles. The quantitative estimate of drug-likeness (QED) is 0.240. The number of alkyl halides is 1. The molecule has 0 radical (unpaired) electrons. The van der Waals surface area contributed by atoms with Crippen LogP contribution in [0.15, 0.2) is 35.1 Å². The fraction of sp³-hybridized carbons (Fsp3) is 0.500. The predicted octanol–water partition coefficient (Wildman–Crippen LogP) is 5.96. The van der Waals surface area contributed by atoms with Crippen molar-refractivity contribution in [2.45, 2.75) is 92.4 Å². The van der Waals surface area contributed by atoms with Crippen LogP contribution in [0.4, 0.5) is 8.78 Å². The smallest absolute Gasteiger partial charge is 0.305 e. The maximum absolute atomic E-state index is 16.1. The van der Waals surface area contributed by atoms with E-state index in [1.165, 1.54) is 4.68 Å². The number of hydrogen-bond acceptors (Lipinski definition) is 5. The highest BCUT2D eigenvalue weighted by Crippen LogP contribution is 2.34. The zero-order valence-electron chi connectivity index (χ0n) is 27.9. The SMILES string of the molecule is CCc1cc(-c2c(C)cc(C)cc2C)cc([C@H](CC(=O)O)NC(=O)[C@H](CC(C)C)n2nc(CCN3CC(F)C3)cc(C)c2=O)c1F. The summed E-state index contributed by atoms with van der Waals surface area (Å²) in [5, 5.41) is 17.2. The Kier molecular flexibility index (Phi) is 11.1. The number of hydrogen-bond donors (Lipinski definition) is 2. The molecule has 0 unspecified atom stereocenters. The Morgan fingerprint density at radius 1 is 1.04 bits per heavy atom. The Morgan fingerprint density at radius 2 is 1.70 bits per heavy atom. The number of benzene rings is 2. The third-order valence-electron chi connectivity index (χ3n) is 8.65. The van der Waals surface area contributed by atoms with Crippen LogP contribution in [0, 0.1) is 39.4 Å². The van der Waals surface area contributed by atoms with Crippen LogP contribution in [0.5, 0.6) is 0 Å². The van der Waals surface area contributed by atoms with Gasteiger partial charge in [0.1, 0.15) is 18.0 Å². The van der Waals surface area contributed by atoms with E-state index >= 15 is 4.39 Å². The minimum atomic E-state index is -1.20. The standard InChI is InChI=1S/C36H46F2N4O4/c1-8-25-15-26(33-22(5)12-21(4)13-23(33)6)16-29(34(25)38)30(17-32(43)44)39-35(45)31(11-20(2)3)42-36(46)24(7)14-28(40-42)9-10-41-18-27(37)19-41/h12-16,20,27,30-31H,8-11,17-19H2,1-7H3,(H,39,45)(H,43,44)/t30-,31-/m0/s1. The van der Waals surface area contributed by atoms with E-state index in [1.54, 1.807) is 25.1 Å². The molecule has 1 amide bonds. The van der Waals surface area contributed by atoms with Gasteiger partial charge < -0.3 is 10.4 Å². The minimum absolute atomic E-state index is 0.0202. The number of nitrogens with zero attached hydrogens (tertiary/aromatic N) is 3. The van der Waals surface area contributed by atoms with Crippen molar-refractivity contribution in [3.8, 4) is 11.1 Å². The van der Waals surface area contributed by atoms with Gasteiger partial charge in [-0.2, -0.15) is 5.10 Å². The second-order valence-electron chi connectivity index (χ2n) is 13.1. The second-order valence-corrected chi connectivity index (χ2v) is 13.1. The van der Waals surface area contributed by atoms with Crippen molar-refractivity contribution >= 4 is 11.9 Å². The molecule has 3 aromatic rings. The minimum Gasteiger partial charge on any atom is -0.481 e. The number of amides is 1. The number of aryl methyl sites for hydroxylation is 5. The fourth-order valence-corrected chi connectivity index (χ4v) is 6.45. The molecule has 10 heteroatoms. The van der Waals surface area contributed by atoms with Crippen LogP contribution in [0.2, 0.25) is 0 Å². The third-order valence-corrected chi connectivity index (χ3v) is 8.65. The molecular weight excluding hydrogens is 590 g/mol. The Hall–Kier alpha value is -3.92. The normalized spacial score (nSPS) is 15.1. The lowest BCUT2D eigenvalue weighted by Crippen LogP contribution is -2.49. The van der Waals surface area contributed by atoms with E-state index in [0.717, 1.165) is 27.8 Å². The van der Waals surface area contributed by atoms with Crippen molar-refractivity contribution in [3.05, 3.63) is 85.6 Å². The topological polar surface area (TPSA) is 105 Å². The Labute approximate surface area is 269 Å². The molecule has 8 nitrogen and oxygen atoms in total. The predicted molar refractivity (Wildman–Crippen MR) is 175 cm³/mol. The molecule has 0 saturated carbocycles. The molecular formula is C36H46F2N4O4. The molecule has 2 aromatic carbocycles. The van der Waals surface area contributed by atoms with Crippen LogP contribution in [-0.2, 0) is 22.4 Å². The summed E-state index contributed by atoms with van der Waals surface area (Å²) < 4.78 is 30.5. The first-order valence-electron chi connectivity index (χ1n) is 16.1. The van der Waals surface area contributed by atoms with Gasteiger partial charge in [0.05, 0.1) is 18.2 Å². The van der Waals surface area contributed by atoms with Gasteiger partial charge in [-0.05, 0) is 92.5 Å². The van der Waals surface area contributed by atoms with Gasteiger partial charge in [-0.15, -0.1) is 0 Å². The number of carbonyl (C=O) groups is 2. The van der Waals surface area contributed by atoms with E-state index < -0.39 is 47.9 Å². The molecule has 0 bridgehead atoms. The van der Waals surface area contributed by atoms with Gasteiger partial charge in [-0.3, -0.25) is 19.3 Å². The van der Waals surface area contributed by atoms with Crippen molar-refractivity contribution in [2.24, 2.45) is 5.92 Å². The maximum Gasteiger partial charge on any atom is 0.305 e. The number of halogens is 2. The zero-order chi connectivity index (χ0) is 33.9. The second kappa shape index (κ2) is 14.7. The first-order chi connectivity index (χ1) is 21.7. The van der Waals surface area contributed by atoms with Crippen LogP contribution in [0.25, 0.3) is 11.1 Å². The lowest BCUT2D eigenvalue weighted by Gasteiger charge is -2.34. The van der Waals surface area contributed by atoms with Gasteiger partial charge in [0.2, 0.25) is 5.91 Å². The van der Waals surface area contributed by atoms with E-state index in [4.69, 9.17) is 0 Å². The van der Waals surface area contributed by atoms with Crippen LogP contribution < -0.4 is 10.9 Å². The molecule has 2 atom stereocenters. The zero-order valence-corrected chi connectivity index (χ0v) is 27.9. The lowest BCUT2D eigenvalue weighted by atomic mass is 9.89. The van der Waals surface area contributed by atoms with E-state index in [2.05, 4.69) is 10.4 Å². The molecule has 1 aliphatic rings. The van der Waals surface area contributed by atoms with Gasteiger partial charge in [-0.1, -0.05) is 38.5 Å². The number of carboxylic acids is 1. The van der Waals surface area contributed by atoms with Gasteiger partial charge in [-0.25, -0.2) is 13.5 Å². The number of likely N-dealkylation sites (tertiary alicyclic amines) is 1. The van der Waals surface area contributed by atoms with E-state index in [1.807, 2.05) is 58.6 Å². The highest BCUT2D eigenvalue weighted by molar-refractivity contribution is 5.82. The molecule has 2 N–H and O–H groups in total. The number of carbonyl (C=O) groups excluding carboxylic acids is 1. The van der Waals surface area contributed by atoms with Crippen molar-refractivity contribution < 1.29 is 23.5 Å². The average molecular weight is 637 g/mol.